The standard InChI is InChI=1S/C16H11Cl2N3O/c1-10-20-19-9-21(10)15-7-6-11(17)8-13(15)16(22)12-4-2-3-5-14(12)18/h2-9H,1H3. The van der Waals surface area contributed by atoms with Gasteiger partial charge in [0.15, 0.2) is 5.78 Å². The van der Waals surface area contributed by atoms with Crippen molar-refractivity contribution in [2.75, 3.05) is 0 Å². The van der Waals surface area contributed by atoms with Crippen molar-refractivity contribution in [1.29, 1.82) is 0 Å². The average Bonchev–Trinajstić information content (AvgIpc) is 2.93. The van der Waals surface area contributed by atoms with E-state index < -0.39 is 0 Å². The Morgan fingerprint density at radius 3 is 2.55 bits per heavy atom. The maximum Gasteiger partial charge on any atom is 0.196 e. The van der Waals surface area contributed by atoms with Gasteiger partial charge in [0.2, 0.25) is 0 Å². The number of hydrogen-bond acceptors (Lipinski definition) is 3. The van der Waals surface area contributed by atoms with Gasteiger partial charge in [-0.05, 0) is 37.3 Å². The summed E-state index contributed by atoms with van der Waals surface area (Å²) in [5.41, 5.74) is 1.54. The second-order valence-corrected chi connectivity index (χ2v) is 5.56. The molecule has 0 radical (unpaired) electrons. The van der Waals surface area contributed by atoms with Gasteiger partial charge >= 0.3 is 0 Å². The smallest absolute Gasteiger partial charge is 0.196 e. The third-order valence-electron chi connectivity index (χ3n) is 3.30. The number of nitrogens with zero attached hydrogens (tertiary/aromatic N) is 3. The molecule has 22 heavy (non-hydrogen) atoms. The van der Waals surface area contributed by atoms with Gasteiger partial charge in [-0.25, -0.2) is 0 Å². The molecule has 0 saturated heterocycles. The third-order valence-corrected chi connectivity index (χ3v) is 3.86. The highest BCUT2D eigenvalue weighted by atomic mass is 35.5. The van der Waals surface area contributed by atoms with E-state index in [1.807, 2.05) is 6.92 Å². The van der Waals surface area contributed by atoms with E-state index in [1.54, 1.807) is 53.4 Å². The van der Waals surface area contributed by atoms with Crippen LogP contribution in [0, 0.1) is 6.92 Å². The first-order valence-corrected chi connectivity index (χ1v) is 7.29. The van der Waals surface area contributed by atoms with Crippen LogP contribution in [0.3, 0.4) is 0 Å². The largest absolute Gasteiger partial charge is 0.288 e. The van der Waals surface area contributed by atoms with Crippen molar-refractivity contribution in [2.45, 2.75) is 6.92 Å². The van der Waals surface area contributed by atoms with Gasteiger partial charge in [-0.3, -0.25) is 9.36 Å². The second-order valence-electron chi connectivity index (χ2n) is 4.72. The maximum atomic E-state index is 12.8. The number of aromatic nitrogens is 3. The van der Waals surface area contributed by atoms with Gasteiger partial charge in [0.25, 0.3) is 0 Å². The summed E-state index contributed by atoms with van der Waals surface area (Å²) in [5, 5.41) is 8.68. The summed E-state index contributed by atoms with van der Waals surface area (Å²) < 4.78 is 1.74. The van der Waals surface area contributed by atoms with Crippen LogP contribution in [-0.2, 0) is 0 Å². The lowest BCUT2D eigenvalue weighted by Gasteiger charge is -2.11. The van der Waals surface area contributed by atoms with E-state index in [0.717, 1.165) is 0 Å². The van der Waals surface area contributed by atoms with Gasteiger partial charge < -0.3 is 0 Å². The summed E-state index contributed by atoms with van der Waals surface area (Å²) >= 11 is 12.2. The SMILES string of the molecule is Cc1nncn1-c1ccc(Cl)cc1C(=O)c1ccccc1Cl. The number of carbonyl (C=O) groups excluding carboxylic acids is 1. The van der Waals surface area contributed by atoms with Gasteiger partial charge in [-0.2, -0.15) is 0 Å². The summed E-state index contributed by atoms with van der Waals surface area (Å²) in [4.78, 5) is 12.8. The van der Waals surface area contributed by atoms with Crippen molar-refractivity contribution >= 4 is 29.0 Å². The van der Waals surface area contributed by atoms with Crippen LogP contribution in [0.15, 0.2) is 48.8 Å². The molecule has 0 amide bonds. The molecule has 1 aromatic heterocycles. The van der Waals surface area contributed by atoms with Crippen LogP contribution in [0.5, 0.6) is 0 Å². The molecule has 2 aromatic carbocycles. The summed E-state index contributed by atoms with van der Waals surface area (Å²) in [6, 6.07) is 12.0. The molecular formula is C16H11Cl2N3O. The number of benzene rings is 2. The Kier molecular flexibility index (Phi) is 3.96. The minimum absolute atomic E-state index is 0.198. The topological polar surface area (TPSA) is 47.8 Å². The molecule has 110 valence electrons. The fourth-order valence-electron chi connectivity index (χ4n) is 2.22. The zero-order chi connectivity index (χ0) is 15.7. The molecule has 0 spiro atoms. The van der Waals surface area contributed by atoms with Crippen molar-refractivity contribution in [1.82, 2.24) is 14.8 Å². The van der Waals surface area contributed by atoms with E-state index >= 15 is 0 Å². The highest BCUT2D eigenvalue weighted by Gasteiger charge is 2.18. The lowest BCUT2D eigenvalue weighted by molar-refractivity contribution is 0.103. The minimum atomic E-state index is -0.198. The molecule has 4 nitrogen and oxygen atoms in total. The van der Waals surface area contributed by atoms with E-state index in [-0.39, 0.29) is 5.78 Å². The number of halogens is 2. The van der Waals surface area contributed by atoms with Gasteiger partial charge in [-0.15, -0.1) is 10.2 Å². The first-order valence-electron chi connectivity index (χ1n) is 6.53. The zero-order valence-corrected chi connectivity index (χ0v) is 13.1. The highest BCUT2D eigenvalue weighted by molar-refractivity contribution is 6.35. The molecule has 1 heterocycles. The van der Waals surface area contributed by atoms with Crippen molar-refractivity contribution in [3.8, 4) is 5.69 Å². The minimum Gasteiger partial charge on any atom is -0.288 e. The summed E-state index contributed by atoms with van der Waals surface area (Å²) in [6.07, 6.45) is 1.56. The zero-order valence-electron chi connectivity index (χ0n) is 11.6. The predicted octanol–water partition coefficient (Wildman–Crippen LogP) is 4.11. The number of ketones is 1. The number of hydrogen-bond donors (Lipinski definition) is 0. The molecule has 3 rings (SSSR count). The number of aryl methyl sites for hydroxylation is 1. The molecular weight excluding hydrogens is 321 g/mol. The van der Waals surface area contributed by atoms with Crippen molar-refractivity contribution in [3.63, 3.8) is 0 Å². The Hall–Kier alpha value is -2.17. The fourth-order valence-corrected chi connectivity index (χ4v) is 2.61. The molecule has 0 bridgehead atoms. The first-order chi connectivity index (χ1) is 10.6. The average molecular weight is 332 g/mol. The van der Waals surface area contributed by atoms with Crippen LogP contribution in [0.2, 0.25) is 10.0 Å². The van der Waals surface area contributed by atoms with Gasteiger partial charge in [0.05, 0.1) is 10.7 Å². The second kappa shape index (κ2) is 5.91. The predicted molar refractivity (Wildman–Crippen MR) is 86.0 cm³/mol. The van der Waals surface area contributed by atoms with Crippen LogP contribution in [-0.4, -0.2) is 20.5 Å². The Morgan fingerprint density at radius 1 is 1.09 bits per heavy atom. The number of carbonyl (C=O) groups is 1. The monoisotopic (exact) mass is 331 g/mol. The van der Waals surface area contributed by atoms with Crippen LogP contribution < -0.4 is 0 Å². The van der Waals surface area contributed by atoms with Gasteiger partial charge in [0.1, 0.15) is 12.2 Å². The molecule has 0 aliphatic heterocycles. The number of rotatable bonds is 3. The van der Waals surface area contributed by atoms with E-state index in [2.05, 4.69) is 10.2 Å². The Balaban J connectivity index is 2.19. The molecule has 0 N–H and O–H groups in total. The quantitative estimate of drug-likeness (QED) is 0.678. The van der Waals surface area contributed by atoms with Crippen LogP contribution in [0.4, 0.5) is 0 Å². The lowest BCUT2D eigenvalue weighted by atomic mass is 10.0. The van der Waals surface area contributed by atoms with E-state index in [4.69, 9.17) is 23.2 Å². The Morgan fingerprint density at radius 2 is 1.86 bits per heavy atom. The van der Waals surface area contributed by atoms with Crippen molar-refractivity contribution in [2.24, 2.45) is 0 Å². The fraction of sp³-hybridized carbons (Fsp3) is 0.0625. The molecule has 0 fully saturated rings. The molecule has 0 saturated carbocycles. The molecule has 6 heteroatoms. The summed E-state index contributed by atoms with van der Waals surface area (Å²) in [6.45, 7) is 1.81. The third kappa shape index (κ3) is 2.63. The van der Waals surface area contributed by atoms with E-state index in [9.17, 15) is 4.79 Å². The van der Waals surface area contributed by atoms with Crippen LogP contribution in [0.25, 0.3) is 5.69 Å². The lowest BCUT2D eigenvalue weighted by Crippen LogP contribution is -2.08. The Labute approximate surface area is 137 Å². The van der Waals surface area contributed by atoms with Gasteiger partial charge in [-0.1, -0.05) is 35.3 Å². The molecule has 0 aliphatic carbocycles. The van der Waals surface area contributed by atoms with E-state index in [1.165, 1.54) is 0 Å². The van der Waals surface area contributed by atoms with Gasteiger partial charge in [0, 0.05) is 16.1 Å². The maximum absolute atomic E-state index is 12.8. The molecule has 0 atom stereocenters. The normalized spacial score (nSPS) is 10.7. The van der Waals surface area contributed by atoms with Crippen molar-refractivity contribution < 1.29 is 4.79 Å². The van der Waals surface area contributed by atoms with E-state index in [0.29, 0.717) is 32.7 Å². The van der Waals surface area contributed by atoms with Crippen molar-refractivity contribution in [3.05, 3.63) is 75.8 Å². The highest BCUT2D eigenvalue weighted by Crippen LogP contribution is 2.26. The van der Waals surface area contributed by atoms with Crippen LogP contribution in [0.1, 0.15) is 21.7 Å². The Bertz CT molecular complexity index is 858. The summed E-state index contributed by atoms with van der Waals surface area (Å²) in [5.74, 6) is 0.478. The molecule has 0 unspecified atom stereocenters. The summed E-state index contributed by atoms with van der Waals surface area (Å²) in [7, 11) is 0. The molecule has 3 aromatic rings. The first kappa shape index (κ1) is 14.8. The van der Waals surface area contributed by atoms with Crippen LogP contribution >= 0.6 is 23.2 Å². The molecule has 0 aliphatic rings.